The van der Waals surface area contributed by atoms with E-state index in [1.54, 1.807) is 0 Å². The molecule has 0 bridgehead atoms. The normalized spacial score (nSPS) is 16.6. The van der Waals surface area contributed by atoms with E-state index >= 15 is 0 Å². The molecule has 0 radical (unpaired) electrons. The average Bonchev–Trinajstić information content (AvgIpc) is 3.17. The number of carbonyl (C=O) groups excluding carboxylic acids is 1. The lowest BCUT2D eigenvalue weighted by molar-refractivity contribution is 0.0939. The highest BCUT2D eigenvalue weighted by atomic mass is 35.7. The third-order valence-corrected chi connectivity index (χ3v) is 5.38. The standard InChI is InChI=1S/C13H14Cl2FNO3S/c1-2-13(3-4-13)7-17-12(18)9-5-8(14)6-10(11(9)16)21(15,19)20/h5-6H,2-4,7H2,1H3,(H,17,18). The molecular weight excluding hydrogens is 340 g/mol. The molecule has 4 nitrogen and oxygen atoms in total. The molecule has 0 aliphatic heterocycles. The third-order valence-electron chi connectivity index (χ3n) is 3.84. The van der Waals surface area contributed by atoms with E-state index in [0.717, 1.165) is 31.4 Å². The molecule has 1 aromatic rings. The van der Waals surface area contributed by atoms with E-state index in [2.05, 4.69) is 5.32 Å². The molecule has 8 heteroatoms. The highest BCUT2D eigenvalue weighted by molar-refractivity contribution is 8.13. The van der Waals surface area contributed by atoms with Gasteiger partial charge in [-0.2, -0.15) is 0 Å². The van der Waals surface area contributed by atoms with Crippen LogP contribution in [0.15, 0.2) is 17.0 Å². The second-order valence-electron chi connectivity index (χ2n) is 5.24. The summed E-state index contributed by atoms with van der Waals surface area (Å²) in [7, 11) is 0.822. The van der Waals surface area contributed by atoms with Crippen LogP contribution in [0.1, 0.15) is 36.5 Å². The molecule has 1 amide bonds. The monoisotopic (exact) mass is 353 g/mol. The number of carbonyl (C=O) groups is 1. The average molecular weight is 354 g/mol. The summed E-state index contributed by atoms with van der Waals surface area (Å²) in [6.07, 6.45) is 2.96. The highest BCUT2D eigenvalue weighted by Gasteiger charge is 2.40. The fourth-order valence-corrected chi connectivity index (χ4v) is 3.31. The van der Waals surface area contributed by atoms with E-state index < -0.39 is 31.2 Å². The van der Waals surface area contributed by atoms with E-state index in [1.807, 2.05) is 6.92 Å². The lowest BCUT2D eigenvalue weighted by atomic mass is 10.0. The molecule has 1 N–H and O–H groups in total. The molecule has 0 heterocycles. The van der Waals surface area contributed by atoms with Crippen molar-refractivity contribution in [3.05, 3.63) is 28.5 Å². The quantitative estimate of drug-likeness (QED) is 0.825. The van der Waals surface area contributed by atoms with Crippen molar-refractivity contribution in [2.75, 3.05) is 6.54 Å². The number of hydrogen-bond donors (Lipinski definition) is 1. The van der Waals surface area contributed by atoms with Gasteiger partial charge in [-0.15, -0.1) is 0 Å². The summed E-state index contributed by atoms with van der Waals surface area (Å²) in [5.74, 6) is -1.88. The van der Waals surface area contributed by atoms with E-state index in [9.17, 15) is 17.6 Å². The lowest BCUT2D eigenvalue weighted by Crippen LogP contribution is -2.30. The van der Waals surface area contributed by atoms with Gasteiger partial charge in [-0.25, -0.2) is 12.8 Å². The molecule has 0 atom stereocenters. The minimum atomic E-state index is -4.31. The Hall–Kier alpha value is -0.850. The van der Waals surface area contributed by atoms with Crippen molar-refractivity contribution in [2.24, 2.45) is 5.41 Å². The van der Waals surface area contributed by atoms with Gasteiger partial charge in [0.25, 0.3) is 15.0 Å². The van der Waals surface area contributed by atoms with Crippen LogP contribution in [-0.4, -0.2) is 20.9 Å². The predicted octanol–water partition coefficient (Wildman–Crippen LogP) is 3.33. The lowest BCUT2D eigenvalue weighted by Gasteiger charge is -2.14. The van der Waals surface area contributed by atoms with Gasteiger partial charge in [0.15, 0.2) is 5.82 Å². The van der Waals surface area contributed by atoms with Gasteiger partial charge >= 0.3 is 0 Å². The predicted molar refractivity (Wildman–Crippen MR) is 78.7 cm³/mol. The van der Waals surface area contributed by atoms with E-state index in [-0.39, 0.29) is 10.4 Å². The zero-order valence-corrected chi connectivity index (χ0v) is 13.6. The summed E-state index contributed by atoms with van der Waals surface area (Å²) in [4.78, 5) is 11.2. The molecule has 0 aromatic heterocycles. The Bertz CT molecular complexity index is 687. The topological polar surface area (TPSA) is 63.2 Å². The maximum Gasteiger partial charge on any atom is 0.264 e. The minimum Gasteiger partial charge on any atom is -0.351 e. The molecule has 1 fully saturated rings. The summed E-state index contributed by atoms with van der Waals surface area (Å²) >= 11 is 5.73. The summed E-state index contributed by atoms with van der Waals surface area (Å²) in [5.41, 5.74) is -0.333. The van der Waals surface area contributed by atoms with Gasteiger partial charge in [0.2, 0.25) is 0 Å². The molecule has 2 rings (SSSR count). The number of hydrogen-bond acceptors (Lipinski definition) is 3. The Kier molecular flexibility index (Phi) is 4.52. The molecule has 1 aliphatic carbocycles. The first kappa shape index (κ1) is 16.5. The Morgan fingerprint density at radius 2 is 2.05 bits per heavy atom. The van der Waals surface area contributed by atoms with E-state index in [0.29, 0.717) is 6.54 Å². The Morgan fingerprint density at radius 1 is 1.43 bits per heavy atom. The van der Waals surface area contributed by atoms with Crippen molar-refractivity contribution in [1.82, 2.24) is 5.32 Å². The molecule has 1 aliphatic rings. The first-order valence-corrected chi connectivity index (χ1v) is 9.09. The SMILES string of the molecule is CCC1(CNC(=O)c2cc(Cl)cc(S(=O)(=O)Cl)c2F)CC1. The maximum absolute atomic E-state index is 14.1. The van der Waals surface area contributed by atoms with Crippen LogP contribution in [0.2, 0.25) is 5.02 Å². The van der Waals surface area contributed by atoms with Crippen LogP contribution >= 0.6 is 22.3 Å². The molecular formula is C13H14Cl2FNO3S. The molecule has 116 valence electrons. The van der Waals surface area contributed by atoms with Crippen molar-refractivity contribution in [3.63, 3.8) is 0 Å². The van der Waals surface area contributed by atoms with E-state index in [4.69, 9.17) is 22.3 Å². The largest absolute Gasteiger partial charge is 0.351 e. The molecule has 1 saturated carbocycles. The zero-order valence-electron chi connectivity index (χ0n) is 11.3. The van der Waals surface area contributed by atoms with Gasteiger partial charge in [-0.3, -0.25) is 4.79 Å². The summed E-state index contributed by atoms with van der Waals surface area (Å²) in [6, 6.07) is 1.97. The third kappa shape index (κ3) is 3.67. The highest BCUT2D eigenvalue weighted by Crippen LogP contribution is 2.47. The van der Waals surface area contributed by atoms with Crippen molar-refractivity contribution >= 4 is 37.2 Å². The van der Waals surface area contributed by atoms with Crippen molar-refractivity contribution in [3.8, 4) is 0 Å². The first-order valence-electron chi connectivity index (χ1n) is 6.40. The van der Waals surface area contributed by atoms with Gasteiger partial charge in [-0.05, 0) is 36.8 Å². The summed E-state index contributed by atoms with van der Waals surface area (Å²) in [5, 5.41) is 2.55. The Balaban J connectivity index is 2.27. The second kappa shape index (κ2) is 5.74. The van der Waals surface area contributed by atoms with Gasteiger partial charge in [0, 0.05) is 22.2 Å². The second-order valence-corrected chi connectivity index (χ2v) is 8.21. The van der Waals surface area contributed by atoms with Crippen LogP contribution in [0.5, 0.6) is 0 Å². The van der Waals surface area contributed by atoms with Crippen LogP contribution in [-0.2, 0) is 9.05 Å². The van der Waals surface area contributed by atoms with Crippen molar-refractivity contribution < 1.29 is 17.6 Å². The summed E-state index contributed by atoms with van der Waals surface area (Å²) in [6.45, 7) is 2.45. The number of halogens is 3. The Labute approximate surface area is 132 Å². The van der Waals surface area contributed by atoms with Crippen LogP contribution in [0.25, 0.3) is 0 Å². The number of benzene rings is 1. The van der Waals surface area contributed by atoms with Crippen LogP contribution < -0.4 is 5.32 Å². The van der Waals surface area contributed by atoms with Crippen LogP contribution in [0.3, 0.4) is 0 Å². The molecule has 0 spiro atoms. The molecule has 0 saturated heterocycles. The fourth-order valence-electron chi connectivity index (χ4n) is 2.10. The smallest absolute Gasteiger partial charge is 0.264 e. The van der Waals surface area contributed by atoms with E-state index in [1.165, 1.54) is 0 Å². The van der Waals surface area contributed by atoms with Crippen LogP contribution in [0, 0.1) is 11.2 Å². The number of amides is 1. The fraction of sp³-hybridized carbons (Fsp3) is 0.462. The first-order chi connectivity index (χ1) is 9.68. The summed E-state index contributed by atoms with van der Waals surface area (Å²) < 4.78 is 36.7. The Morgan fingerprint density at radius 3 is 2.52 bits per heavy atom. The molecule has 0 unspecified atom stereocenters. The number of rotatable bonds is 5. The van der Waals surface area contributed by atoms with Gasteiger partial charge in [-0.1, -0.05) is 18.5 Å². The molecule has 1 aromatic carbocycles. The van der Waals surface area contributed by atoms with Crippen LogP contribution in [0.4, 0.5) is 4.39 Å². The van der Waals surface area contributed by atoms with Gasteiger partial charge < -0.3 is 5.32 Å². The maximum atomic E-state index is 14.1. The van der Waals surface area contributed by atoms with Crippen molar-refractivity contribution in [2.45, 2.75) is 31.1 Å². The van der Waals surface area contributed by atoms with Gasteiger partial charge in [0.1, 0.15) is 4.90 Å². The minimum absolute atomic E-state index is 0.0719. The molecule has 21 heavy (non-hydrogen) atoms. The van der Waals surface area contributed by atoms with Crippen molar-refractivity contribution in [1.29, 1.82) is 0 Å². The number of nitrogens with one attached hydrogen (secondary N) is 1. The zero-order chi connectivity index (χ0) is 15.8. The van der Waals surface area contributed by atoms with Gasteiger partial charge in [0.05, 0.1) is 5.56 Å².